The van der Waals surface area contributed by atoms with E-state index in [0.29, 0.717) is 0 Å². The van der Waals surface area contributed by atoms with Crippen molar-refractivity contribution in [2.24, 2.45) is 0 Å². The molecule has 9 rings (SSSR count). The minimum absolute atomic E-state index is 0.735. The molecule has 0 spiro atoms. The van der Waals surface area contributed by atoms with E-state index < -0.39 is 0 Å². The average Bonchev–Trinajstić information content (AvgIpc) is 3.07. The number of fused-ring (bicyclic) bond motifs is 3. The Morgan fingerprint density at radius 3 is 1.79 bits per heavy atom. The van der Waals surface area contributed by atoms with Crippen LogP contribution in [0.2, 0.25) is 0 Å². The van der Waals surface area contributed by atoms with Crippen molar-refractivity contribution >= 4 is 54.1 Å². The first-order valence-electron chi connectivity index (χ1n) is 13.9. The van der Waals surface area contributed by atoms with E-state index in [0.717, 1.165) is 61.1 Å². The van der Waals surface area contributed by atoms with Crippen molar-refractivity contribution in [2.45, 2.75) is 0 Å². The second kappa shape index (κ2) is 8.85. The molecule has 0 atom stereocenters. The molecule has 5 heteroatoms. The molecule has 5 aromatic carbocycles. The lowest BCUT2D eigenvalue weighted by molar-refractivity contribution is 1.18. The second-order valence-electron chi connectivity index (χ2n) is 10.6. The first-order chi connectivity index (χ1) is 20.8. The van der Waals surface area contributed by atoms with Crippen molar-refractivity contribution in [3.05, 3.63) is 128 Å². The van der Waals surface area contributed by atoms with Gasteiger partial charge in [-0.3, -0.25) is 9.97 Å². The Labute approximate surface area is 240 Å². The number of rotatable bonds is 3. The van der Waals surface area contributed by atoms with Gasteiger partial charge in [-0.25, -0.2) is 15.0 Å². The summed E-state index contributed by atoms with van der Waals surface area (Å²) in [6, 6.07) is 35.9. The van der Waals surface area contributed by atoms with Crippen LogP contribution in [0.1, 0.15) is 0 Å². The summed E-state index contributed by atoms with van der Waals surface area (Å²) in [6.07, 6.45) is 7.32. The molecule has 4 aromatic heterocycles. The topological polar surface area (TPSA) is 64.5 Å². The van der Waals surface area contributed by atoms with E-state index in [9.17, 15) is 0 Å². The summed E-state index contributed by atoms with van der Waals surface area (Å²) in [6.45, 7) is 0. The van der Waals surface area contributed by atoms with E-state index in [4.69, 9.17) is 9.97 Å². The molecule has 0 unspecified atom stereocenters. The highest BCUT2D eigenvalue weighted by Gasteiger charge is 2.16. The fourth-order valence-electron chi connectivity index (χ4n) is 6.25. The van der Waals surface area contributed by atoms with Crippen LogP contribution in [0.5, 0.6) is 0 Å². The van der Waals surface area contributed by atoms with Crippen LogP contribution in [0.15, 0.2) is 128 Å². The molecule has 0 radical (unpaired) electrons. The maximum absolute atomic E-state index is 5.00. The molecular formula is C37H21N5. The van der Waals surface area contributed by atoms with Gasteiger partial charge in [0.1, 0.15) is 0 Å². The summed E-state index contributed by atoms with van der Waals surface area (Å²) in [5.74, 6) is 0.735. The Morgan fingerprint density at radius 1 is 0.405 bits per heavy atom. The third-order valence-electron chi connectivity index (χ3n) is 8.24. The molecule has 0 N–H and O–H groups in total. The number of nitrogens with zero attached hydrogens (tertiary/aromatic N) is 5. The molecule has 0 saturated carbocycles. The lowest BCUT2D eigenvalue weighted by Gasteiger charge is -2.15. The van der Waals surface area contributed by atoms with E-state index in [1.807, 2.05) is 24.5 Å². The zero-order valence-electron chi connectivity index (χ0n) is 22.4. The van der Waals surface area contributed by atoms with Crippen LogP contribution in [0.25, 0.3) is 88.0 Å². The molecule has 0 aliphatic rings. The van der Waals surface area contributed by atoms with E-state index in [1.54, 1.807) is 12.4 Å². The van der Waals surface area contributed by atoms with Crippen LogP contribution in [0.3, 0.4) is 0 Å². The van der Waals surface area contributed by atoms with Crippen molar-refractivity contribution < 1.29 is 0 Å². The zero-order chi connectivity index (χ0) is 27.6. The van der Waals surface area contributed by atoms with Crippen molar-refractivity contribution in [1.29, 1.82) is 0 Å². The highest BCUT2D eigenvalue weighted by Crippen LogP contribution is 2.41. The summed E-state index contributed by atoms with van der Waals surface area (Å²) >= 11 is 0. The monoisotopic (exact) mass is 535 g/mol. The van der Waals surface area contributed by atoms with E-state index in [-0.39, 0.29) is 0 Å². The molecule has 0 amide bonds. The summed E-state index contributed by atoms with van der Waals surface area (Å²) in [5, 5.41) is 9.37. The van der Waals surface area contributed by atoms with Crippen molar-refractivity contribution in [3.63, 3.8) is 0 Å². The fraction of sp³-hybridized carbons (Fsp3) is 0. The summed E-state index contributed by atoms with van der Waals surface area (Å²) in [4.78, 5) is 23.6. The van der Waals surface area contributed by atoms with Gasteiger partial charge in [0.15, 0.2) is 5.82 Å². The molecule has 4 heterocycles. The minimum atomic E-state index is 0.735. The molecule has 0 fully saturated rings. The lowest BCUT2D eigenvalue weighted by Crippen LogP contribution is -1.93. The normalized spacial score (nSPS) is 11.8. The van der Waals surface area contributed by atoms with Gasteiger partial charge in [-0.05, 0) is 68.7 Å². The van der Waals surface area contributed by atoms with Crippen LogP contribution in [-0.2, 0) is 0 Å². The molecule has 0 aliphatic heterocycles. The van der Waals surface area contributed by atoms with Crippen LogP contribution < -0.4 is 0 Å². The fourth-order valence-corrected chi connectivity index (χ4v) is 6.25. The summed E-state index contributed by atoms with van der Waals surface area (Å²) in [5.41, 5.74) is 6.74. The quantitative estimate of drug-likeness (QED) is 0.211. The predicted molar refractivity (Wildman–Crippen MR) is 170 cm³/mol. The van der Waals surface area contributed by atoms with Gasteiger partial charge in [-0.2, -0.15) is 0 Å². The Bertz CT molecular complexity index is 2450. The maximum Gasteiger partial charge on any atom is 0.159 e. The molecule has 0 bridgehead atoms. The number of benzene rings is 5. The molecule has 0 saturated heterocycles. The van der Waals surface area contributed by atoms with Crippen LogP contribution >= 0.6 is 0 Å². The number of aromatic nitrogens is 5. The van der Waals surface area contributed by atoms with Crippen LogP contribution in [0, 0.1) is 0 Å². The lowest BCUT2D eigenvalue weighted by atomic mass is 9.89. The number of hydrogen-bond donors (Lipinski definition) is 0. The van der Waals surface area contributed by atoms with Crippen molar-refractivity contribution in [3.8, 4) is 33.9 Å². The largest absolute Gasteiger partial charge is 0.256 e. The summed E-state index contributed by atoms with van der Waals surface area (Å²) in [7, 11) is 0. The molecule has 9 aromatic rings. The van der Waals surface area contributed by atoms with Gasteiger partial charge in [0.2, 0.25) is 0 Å². The predicted octanol–water partition coefficient (Wildman–Crippen LogP) is 8.87. The summed E-state index contributed by atoms with van der Waals surface area (Å²) < 4.78 is 0. The maximum atomic E-state index is 5.00. The Kier molecular flexibility index (Phi) is 4.83. The number of pyridine rings is 3. The van der Waals surface area contributed by atoms with Crippen molar-refractivity contribution in [2.75, 3.05) is 0 Å². The number of hydrogen-bond acceptors (Lipinski definition) is 5. The first kappa shape index (κ1) is 22.9. The molecule has 0 aliphatic carbocycles. The minimum Gasteiger partial charge on any atom is -0.256 e. The van der Waals surface area contributed by atoms with Crippen LogP contribution in [0.4, 0.5) is 0 Å². The zero-order valence-corrected chi connectivity index (χ0v) is 22.4. The molecule has 42 heavy (non-hydrogen) atoms. The van der Waals surface area contributed by atoms with Gasteiger partial charge in [0, 0.05) is 52.3 Å². The SMILES string of the molecule is c1cnc(-c2ccc3ccc4c(-c5ccc(-c6ccc7ccc8cccnc8c7n6)cn5)ccc5ccc2c3c54)nc1. The van der Waals surface area contributed by atoms with E-state index >= 15 is 0 Å². The van der Waals surface area contributed by atoms with Gasteiger partial charge >= 0.3 is 0 Å². The van der Waals surface area contributed by atoms with Gasteiger partial charge < -0.3 is 0 Å². The molecule has 5 nitrogen and oxygen atoms in total. The first-order valence-corrected chi connectivity index (χ1v) is 13.9. The Hall–Kier alpha value is -5.81. The van der Waals surface area contributed by atoms with Gasteiger partial charge in [0.05, 0.1) is 22.4 Å². The van der Waals surface area contributed by atoms with Gasteiger partial charge in [-0.15, -0.1) is 0 Å². The highest BCUT2D eigenvalue weighted by atomic mass is 14.9. The van der Waals surface area contributed by atoms with Gasteiger partial charge in [0.25, 0.3) is 0 Å². The average molecular weight is 536 g/mol. The van der Waals surface area contributed by atoms with E-state index in [1.165, 1.54) is 26.9 Å². The van der Waals surface area contributed by atoms with Crippen LogP contribution in [-0.4, -0.2) is 24.9 Å². The molecular weight excluding hydrogens is 514 g/mol. The van der Waals surface area contributed by atoms with Gasteiger partial charge in [-0.1, -0.05) is 66.7 Å². The standard InChI is InChI=1S/C37H21N5/c1-3-24-4-5-25-10-16-31(42-36(25)35(24)38-18-1)26-11-17-32(41-21-26)27-12-6-22-8-14-29-30(37-39-19-2-20-40-37)15-9-23-7-13-28(27)33(22)34(23)29/h1-21H. The Morgan fingerprint density at radius 2 is 1.02 bits per heavy atom. The smallest absolute Gasteiger partial charge is 0.159 e. The second-order valence-corrected chi connectivity index (χ2v) is 10.6. The highest BCUT2D eigenvalue weighted by molar-refractivity contribution is 6.27. The third-order valence-corrected chi connectivity index (χ3v) is 8.24. The molecule has 194 valence electrons. The van der Waals surface area contributed by atoms with E-state index in [2.05, 4.69) is 106 Å². The third kappa shape index (κ3) is 3.40. The Balaban J connectivity index is 1.18. The van der Waals surface area contributed by atoms with Crippen molar-refractivity contribution in [1.82, 2.24) is 24.9 Å².